The van der Waals surface area contributed by atoms with Crippen molar-refractivity contribution in [2.75, 3.05) is 18.5 Å². The molecule has 0 atom stereocenters. The summed E-state index contributed by atoms with van der Waals surface area (Å²) < 4.78 is 16.8. The Labute approximate surface area is 156 Å². The van der Waals surface area contributed by atoms with E-state index in [0.29, 0.717) is 18.0 Å². The lowest BCUT2D eigenvalue weighted by atomic mass is 10.1. The number of fused-ring (bicyclic) bond motifs is 3. The fraction of sp³-hybridized carbons (Fsp3) is 0.136. The molecule has 3 aromatic carbocycles. The monoisotopic (exact) mass is 361 g/mol. The van der Waals surface area contributed by atoms with Crippen molar-refractivity contribution >= 4 is 33.5 Å². The Balaban J connectivity index is 1.41. The topological polar surface area (TPSA) is 60.7 Å². The van der Waals surface area contributed by atoms with Crippen LogP contribution in [0.4, 0.5) is 5.69 Å². The number of hydrogen-bond donors (Lipinski definition) is 1. The predicted octanol–water partition coefficient (Wildman–Crippen LogP) is 5.00. The first-order valence-electron chi connectivity index (χ1n) is 8.80. The number of para-hydroxylation sites is 1. The quantitative estimate of drug-likeness (QED) is 0.525. The SMILES string of the molecule is CCOc1ccc(NC(=O)COc2ccc3oc4ccccc4c3c2)cc1. The summed E-state index contributed by atoms with van der Waals surface area (Å²) in [6, 6.07) is 20.6. The third-order valence-electron chi connectivity index (χ3n) is 4.17. The maximum atomic E-state index is 12.1. The van der Waals surface area contributed by atoms with Crippen molar-refractivity contribution in [3.05, 3.63) is 66.7 Å². The van der Waals surface area contributed by atoms with E-state index in [2.05, 4.69) is 5.32 Å². The molecule has 0 aliphatic carbocycles. The second kappa shape index (κ2) is 7.41. The van der Waals surface area contributed by atoms with Crippen LogP contribution in [0.2, 0.25) is 0 Å². The van der Waals surface area contributed by atoms with Gasteiger partial charge in [0, 0.05) is 16.5 Å². The van der Waals surface area contributed by atoms with Crippen LogP contribution in [0.1, 0.15) is 6.92 Å². The van der Waals surface area contributed by atoms with Gasteiger partial charge in [-0.1, -0.05) is 18.2 Å². The molecule has 0 aliphatic rings. The molecular weight excluding hydrogens is 342 g/mol. The smallest absolute Gasteiger partial charge is 0.262 e. The summed E-state index contributed by atoms with van der Waals surface area (Å²) in [4.78, 5) is 12.1. The molecule has 0 saturated carbocycles. The number of ether oxygens (including phenoxy) is 2. The summed E-state index contributed by atoms with van der Waals surface area (Å²) in [7, 11) is 0. The number of carbonyl (C=O) groups is 1. The molecule has 5 heteroatoms. The summed E-state index contributed by atoms with van der Waals surface area (Å²) in [6.45, 7) is 2.46. The molecule has 1 N–H and O–H groups in total. The van der Waals surface area contributed by atoms with Gasteiger partial charge in [-0.3, -0.25) is 4.79 Å². The zero-order chi connectivity index (χ0) is 18.6. The van der Waals surface area contributed by atoms with Gasteiger partial charge >= 0.3 is 0 Å². The van der Waals surface area contributed by atoms with E-state index >= 15 is 0 Å². The van der Waals surface area contributed by atoms with E-state index in [1.54, 1.807) is 18.2 Å². The molecule has 5 nitrogen and oxygen atoms in total. The summed E-state index contributed by atoms with van der Waals surface area (Å²) >= 11 is 0. The molecule has 0 bridgehead atoms. The van der Waals surface area contributed by atoms with Crippen LogP contribution >= 0.6 is 0 Å². The molecule has 27 heavy (non-hydrogen) atoms. The number of amides is 1. The summed E-state index contributed by atoms with van der Waals surface area (Å²) in [6.07, 6.45) is 0. The predicted molar refractivity (Wildman–Crippen MR) is 105 cm³/mol. The largest absolute Gasteiger partial charge is 0.494 e. The van der Waals surface area contributed by atoms with Crippen LogP contribution in [0.25, 0.3) is 21.9 Å². The Hall–Kier alpha value is -3.47. The highest BCUT2D eigenvalue weighted by Gasteiger charge is 2.09. The van der Waals surface area contributed by atoms with Crippen LogP contribution < -0.4 is 14.8 Å². The Morgan fingerprint density at radius 1 is 0.889 bits per heavy atom. The van der Waals surface area contributed by atoms with Gasteiger partial charge in [-0.25, -0.2) is 0 Å². The van der Waals surface area contributed by atoms with Gasteiger partial charge in [0.1, 0.15) is 22.7 Å². The van der Waals surface area contributed by atoms with E-state index in [-0.39, 0.29) is 12.5 Å². The Kier molecular flexibility index (Phi) is 4.66. The Morgan fingerprint density at radius 3 is 2.44 bits per heavy atom. The summed E-state index contributed by atoms with van der Waals surface area (Å²) in [5.41, 5.74) is 2.32. The maximum absolute atomic E-state index is 12.1. The fourth-order valence-electron chi connectivity index (χ4n) is 2.94. The van der Waals surface area contributed by atoms with E-state index in [9.17, 15) is 4.79 Å². The van der Waals surface area contributed by atoms with Gasteiger partial charge in [0.05, 0.1) is 6.61 Å². The first kappa shape index (κ1) is 17.0. The Morgan fingerprint density at radius 2 is 1.63 bits per heavy atom. The molecule has 0 fully saturated rings. The molecule has 4 rings (SSSR count). The van der Waals surface area contributed by atoms with Gasteiger partial charge in [0.15, 0.2) is 6.61 Å². The highest BCUT2D eigenvalue weighted by Crippen LogP contribution is 2.31. The number of furan rings is 1. The van der Waals surface area contributed by atoms with Crippen LogP contribution in [0.15, 0.2) is 71.1 Å². The normalized spacial score (nSPS) is 10.9. The molecule has 0 unspecified atom stereocenters. The second-order valence-electron chi connectivity index (χ2n) is 6.05. The average molecular weight is 361 g/mol. The van der Waals surface area contributed by atoms with Crippen molar-refractivity contribution < 1.29 is 18.7 Å². The van der Waals surface area contributed by atoms with E-state index in [4.69, 9.17) is 13.9 Å². The van der Waals surface area contributed by atoms with E-state index < -0.39 is 0 Å². The van der Waals surface area contributed by atoms with E-state index in [1.807, 2.05) is 55.5 Å². The highest BCUT2D eigenvalue weighted by atomic mass is 16.5. The van der Waals surface area contributed by atoms with Crippen molar-refractivity contribution in [2.24, 2.45) is 0 Å². The minimum atomic E-state index is -0.226. The van der Waals surface area contributed by atoms with Crippen molar-refractivity contribution in [1.82, 2.24) is 0 Å². The van der Waals surface area contributed by atoms with Crippen LogP contribution in [0, 0.1) is 0 Å². The highest BCUT2D eigenvalue weighted by molar-refractivity contribution is 6.05. The van der Waals surface area contributed by atoms with Crippen LogP contribution in [-0.2, 0) is 4.79 Å². The zero-order valence-corrected chi connectivity index (χ0v) is 14.9. The number of carbonyl (C=O) groups excluding carboxylic acids is 1. The molecular formula is C22H19NO4. The molecule has 0 radical (unpaired) electrons. The number of rotatable bonds is 6. The van der Waals surface area contributed by atoms with Crippen molar-refractivity contribution in [3.8, 4) is 11.5 Å². The van der Waals surface area contributed by atoms with Gasteiger partial charge in [-0.2, -0.15) is 0 Å². The number of benzene rings is 3. The first-order valence-corrected chi connectivity index (χ1v) is 8.80. The lowest BCUT2D eigenvalue weighted by Crippen LogP contribution is -2.20. The average Bonchev–Trinajstić information content (AvgIpc) is 3.06. The summed E-state index contributed by atoms with van der Waals surface area (Å²) in [5, 5.41) is 4.80. The molecule has 0 aliphatic heterocycles. The Bertz CT molecular complexity index is 1080. The lowest BCUT2D eigenvalue weighted by Gasteiger charge is -2.08. The molecule has 1 amide bonds. The third-order valence-corrected chi connectivity index (χ3v) is 4.17. The maximum Gasteiger partial charge on any atom is 0.262 e. The van der Waals surface area contributed by atoms with Gasteiger partial charge in [0.25, 0.3) is 5.91 Å². The van der Waals surface area contributed by atoms with Gasteiger partial charge in [0.2, 0.25) is 0 Å². The molecule has 1 aromatic heterocycles. The van der Waals surface area contributed by atoms with Crippen molar-refractivity contribution in [3.63, 3.8) is 0 Å². The molecule has 0 spiro atoms. The number of nitrogens with one attached hydrogen (secondary N) is 1. The minimum Gasteiger partial charge on any atom is -0.494 e. The summed E-state index contributed by atoms with van der Waals surface area (Å²) in [5.74, 6) is 1.17. The standard InChI is InChI=1S/C22H19NO4/c1-2-25-16-9-7-15(8-10-16)23-22(24)14-26-17-11-12-21-19(13-17)18-5-3-4-6-20(18)27-21/h3-13H,2,14H2,1H3,(H,23,24). The molecule has 136 valence electrons. The van der Waals surface area contributed by atoms with Crippen LogP contribution in [0.3, 0.4) is 0 Å². The lowest BCUT2D eigenvalue weighted by molar-refractivity contribution is -0.118. The molecule has 0 saturated heterocycles. The number of anilines is 1. The van der Waals surface area contributed by atoms with Crippen molar-refractivity contribution in [1.29, 1.82) is 0 Å². The van der Waals surface area contributed by atoms with Crippen LogP contribution in [0.5, 0.6) is 11.5 Å². The molecule has 1 heterocycles. The van der Waals surface area contributed by atoms with E-state index in [0.717, 1.165) is 27.7 Å². The van der Waals surface area contributed by atoms with Gasteiger partial charge in [-0.05, 0) is 55.5 Å². The van der Waals surface area contributed by atoms with Crippen LogP contribution in [-0.4, -0.2) is 19.1 Å². The third kappa shape index (κ3) is 3.72. The second-order valence-corrected chi connectivity index (χ2v) is 6.05. The first-order chi connectivity index (χ1) is 13.2. The van der Waals surface area contributed by atoms with Crippen molar-refractivity contribution in [2.45, 2.75) is 6.92 Å². The zero-order valence-electron chi connectivity index (χ0n) is 14.9. The van der Waals surface area contributed by atoms with E-state index in [1.165, 1.54) is 0 Å². The van der Waals surface area contributed by atoms with Gasteiger partial charge in [-0.15, -0.1) is 0 Å². The number of hydrogen-bond acceptors (Lipinski definition) is 4. The van der Waals surface area contributed by atoms with Gasteiger partial charge < -0.3 is 19.2 Å². The minimum absolute atomic E-state index is 0.0749. The molecule has 4 aromatic rings. The fourth-order valence-corrected chi connectivity index (χ4v) is 2.94.